The minimum absolute atomic E-state index is 0.153. The van der Waals surface area contributed by atoms with Gasteiger partial charge in [0.1, 0.15) is 11.5 Å². The molecule has 1 aromatic carbocycles. The minimum Gasteiger partial charge on any atom is -0.374 e. The molecule has 0 aliphatic rings. The van der Waals surface area contributed by atoms with Gasteiger partial charge in [0.25, 0.3) is 5.91 Å². The van der Waals surface area contributed by atoms with Crippen molar-refractivity contribution in [3.63, 3.8) is 0 Å². The van der Waals surface area contributed by atoms with E-state index in [9.17, 15) is 9.18 Å². The molecule has 1 N–H and O–H groups in total. The van der Waals surface area contributed by atoms with Crippen LogP contribution in [0.1, 0.15) is 29.8 Å². The third kappa shape index (κ3) is 4.71. The Bertz CT molecular complexity index is 1040. The highest BCUT2D eigenvalue weighted by Gasteiger charge is 2.22. The fourth-order valence-electron chi connectivity index (χ4n) is 2.82. The molecule has 3 aromatic rings. The SMILES string of the molecule is Cn1cc(Br)c2cc(C(=O)NC(C)(C)COCc3cc(F)ccc3Cl)cnc21. The average Bonchev–Trinajstić information content (AvgIpc) is 2.91. The molecule has 0 bridgehead atoms. The van der Waals surface area contributed by atoms with E-state index in [1.165, 1.54) is 18.2 Å². The first-order chi connectivity index (χ1) is 13.2. The molecular weight excluding hydrogens is 449 g/mol. The maximum Gasteiger partial charge on any atom is 0.253 e. The number of carbonyl (C=O) groups excluding carboxylic acids is 1. The fourth-order valence-corrected chi connectivity index (χ4v) is 3.60. The summed E-state index contributed by atoms with van der Waals surface area (Å²) in [6, 6.07) is 5.93. The number of nitrogens with zero attached hydrogens (tertiary/aromatic N) is 2. The van der Waals surface area contributed by atoms with Gasteiger partial charge in [-0.1, -0.05) is 11.6 Å². The van der Waals surface area contributed by atoms with Crippen LogP contribution in [0.15, 0.2) is 41.1 Å². The number of halogens is 3. The Morgan fingerprint density at radius 1 is 1.39 bits per heavy atom. The van der Waals surface area contributed by atoms with Gasteiger partial charge in [0.15, 0.2) is 0 Å². The van der Waals surface area contributed by atoms with Crippen molar-refractivity contribution in [3.8, 4) is 0 Å². The van der Waals surface area contributed by atoms with E-state index in [0.29, 0.717) is 16.1 Å². The van der Waals surface area contributed by atoms with Gasteiger partial charge < -0.3 is 14.6 Å². The van der Waals surface area contributed by atoms with Crippen molar-refractivity contribution in [3.05, 3.63) is 63.1 Å². The van der Waals surface area contributed by atoms with Crippen LogP contribution in [0.4, 0.5) is 4.39 Å². The number of pyridine rings is 1. The van der Waals surface area contributed by atoms with Crippen LogP contribution in [-0.4, -0.2) is 27.6 Å². The summed E-state index contributed by atoms with van der Waals surface area (Å²) in [6.45, 7) is 4.08. The standard InChI is InChI=1S/C20H20BrClFN3O2/c1-20(2,11-28-10-13-6-14(23)4-5-17(13)22)25-19(27)12-7-15-16(21)9-26(3)18(15)24-8-12/h4-9H,10-11H2,1-3H3,(H,25,27). The summed E-state index contributed by atoms with van der Waals surface area (Å²) in [7, 11) is 1.89. The van der Waals surface area contributed by atoms with Gasteiger partial charge >= 0.3 is 0 Å². The number of rotatable bonds is 6. The Morgan fingerprint density at radius 3 is 2.89 bits per heavy atom. The van der Waals surface area contributed by atoms with Gasteiger partial charge in [-0.3, -0.25) is 4.79 Å². The van der Waals surface area contributed by atoms with Crippen molar-refractivity contribution in [2.75, 3.05) is 6.61 Å². The summed E-state index contributed by atoms with van der Waals surface area (Å²) in [4.78, 5) is 17.0. The first kappa shape index (κ1) is 20.8. The van der Waals surface area contributed by atoms with E-state index in [2.05, 4.69) is 26.2 Å². The Labute approximate surface area is 176 Å². The molecule has 3 rings (SSSR count). The molecule has 0 atom stereocenters. The predicted molar refractivity (Wildman–Crippen MR) is 111 cm³/mol. The molecule has 0 aliphatic carbocycles. The summed E-state index contributed by atoms with van der Waals surface area (Å²) >= 11 is 9.52. The number of aromatic nitrogens is 2. The normalized spacial score (nSPS) is 11.8. The molecule has 0 saturated heterocycles. The number of aryl methyl sites for hydroxylation is 1. The summed E-state index contributed by atoms with van der Waals surface area (Å²) in [5, 5.41) is 4.25. The van der Waals surface area contributed by atoms with E-state index in [1.807, 2.05) is 31.7 Å². The molecule has 2 heterocycles. The van der Waals surface area contributed by atoms with Crippen molar-refractivity contribution in [1.82, 2.24) is 14.9 Å². The zero-order valence-electron chi connectivity index (χ0n) is 15.7. The molecule has 8 heteroatoms. The molecule has 0 saturated carbocycles. The van der Waals surface area contributed by atoms with Gasteiger partial charge in [-0.15, -0.1) is 0 Å². The second-order valence-corrected chi connectivity index (χ2v) is 8.51. The van der Waals surface area contributed by atoms with Crippen LogP contribution < -0.4 is 5.32 Å². The number of nitrogens with one attached hydrogen (secondary N) is 1. The number of fused-ring (bicyclic) bond motifs is 1. The number of carbonyl (C=O) groups is 1. The molecule has 0 fully saturated rings. The van der Waals surface area contributed by atoms with Crippen LogP contribution in [0.3, 0.4) is 0 Å². The van der Waals surface area contributed by atoms with Gasteiger partial charge in [0.05, 0.1) is 24.3 Å². The second-order valence-electron chi connectivity index (χ2n) is 7.25. The van der Waals surface area contributed by atoms with Crippen LogP contribution in [0, 0.1) is 5.82 Å². The maximum absolute atomic E-state index is 13.3. The van der Waals surface area contributed by atoms with E-state index >= 15 is 0 Å². The van der Waals surface area contributed by atoms with Crippen molar-refractivity contribution in [2.24, 2.45) is 7.05 Å². The van der Waals surface area contributed by atoms with Crippen LogP contribution in [0.25, 0.3) is 11.0 Å². The average molecular weight is 469 g/mol. The Balaban J connectivity index is 1.63. The highest BCUT2D eigenvalue weighted by molar-refractivity contribution is 9.10. The van der Waals surface area contributed by atoms with E-state index in [1.54, 1.807) is 12.3 Å². The molecule has 0 radical (unpaired) electrons. The molecule has 0 unspecified atom stereocenters. The lowest BCUT2D eigenvalue weighted by Crippen LogP contribution is -2.47. The van der Waals surface area contributed by atoms with Gasteiger partial charge in [-0.2, -0.15) is 0 Å². The van der Waals surface area contributed by atoms with Crippen molar-refractivity contribution in [1.29, 1.82) is 0 Å². The quantitative estimate of drug-likeness (QED) is 0.562. The molecule has 148 valence electrons. The van der Waals surface area contributed by atoms with Gasteiger partial charge in [-0.25, -0.2) is 9.37 Å². The lowest BCUT2D eigenvalue weighted by atomic mass is 10.1. The van der Waals surface area contributed by atoms with Crippen LogP contribution in [0.2, 0.25) is 5.02 Å². The molecule has 0 aliphatic heterocycles. The number of amides is 1. The Morgan fingerprint density at radius 2 is 2.14 bits per heavy atom. The summed E-state index contributed by atoms with van der Waals surface area (Å²) in [5.74, 6) is -0.618. The van der Waals surface area contributed by atoms with Crippen LogP contribution >= 0.6 is 27.5 Å². The van der Waals surface area contributed by atoms with Crippen molar-refractivity contribution < 1.29 is 13.9 Å². The third-order valence-corrected chi connectivity index (χ3v) is 5.21. The monoisotopic (exact) mass is 467 g/mol. The van der Waals surface area contributed by atoms with Crippen LogP contribution in [-0.2, 0) is 18.4 Å². The summed E-state index contributed by atoms with van der Waals surface area (Å²) < 4.78 is 21.7. The highest BCUT2D eigenvalue weighted by atomic mass is 79.9. The largest absolute Gasteiger partial charge is 0.374 e. The molecule has 28 heavy (non-hydrogen) atoms. The zero-order valence-corrected chi connectivity index (χ0v) is 18.1. The number of benzene rings is 1. The van der Waals surface area contributed by atoms with E-state index < -0.39 is 5.54 Å². The Hall–Kier alpha value is -1.96. The number of ether oxygens (including phenoxy) is 1. The van der Waals surface area contributed by atoms with Crippen molar-refractivity contribution in [2.45, 2.75) is 26.0 Å². The number of hydrogen-bond donors (Lipinski definition) is 1. The predicted octanol–water partition coefficient (Wildman–Crippen LogP) is 4.85. The van der Waals surface area contributed by atoms with E-state index in [-0.39, 0.29) is 24.9 Å². The molecular formula is C20H20BrClFN3O2. The highest BCUT2D eigenvalue weighted by Crippen LogP contribution is 2.25. The smallest absolute Gasteiger partial charge is 0.253 e. The first-order valence-electron chi connectivity index (χ1n) is 8.61. The van der Waals surface area contributed by atoms with Gasteiger partial charge in [0, 0.05) is 34.3 Å². The zero-order chi connectivity index (χ0) is 20.5. The molecule has 2 aromatic heterocycles. The van der Waals surface area contributed by atoms with Crippen molar-refractivity contribution >= 4 is 44.5 Å². The van der Waals surface area contributed by atoms with Crippen LogP contribution in [0.5, 0.6) is 0 Å². The molecule has 0 spiro atoms. The lowest BCUT2D eigenvalue weighted by molar-refractivity contribution is 0.0616. The second kappa shape index (κ2) is 8.19. The first-order valence-corrected chi connectivity index (χ1v) is 9.78. The maximum atomic E-state index is 13.3. The fraction of sp³-hybridized carbons (Fsp3) is 0.300. The number of hydrogen-bond acceptors (Lipinski definition) is 3. The molecule has 1 amide bonds. The minimum atomic E-state index is -0.639. The molecule has 5 nitrogen and oxygen atoms in total. The lowest BCUT2D eigenvalue weighted by Gasteiger charge is -2.26. The Kier molecular flexibility index (Phi) is 6.07. The third-order valence-electron chi connectivity index (χ3n) is 4.21. The van der Waals surface area contributed by atoms with Gasteiger partial charge in [0.2, 0.25) is 0 Å². The summed E-state index contributed by atoms with van der Waals surface area (Å²) in [6.07, 6.45) is 3.45. The van der Waals surface area contributed by atoms with Gasteiger partial charge in [-0.05, 0) is 59.6 Å². The van der Waals surface area contributed by atoms with E-state index in [4.69, 9.17) is 16.3 Å². The topological polar surface area (TPSA) is 56.2 Å². The summed E-state index contributed by atoms with van der Waals surface area (Å²) in [5.41, 5.74) is 1.17. The van der Waals surface area contributed by atoms with E-state index in [0.717, 1.165) is 15.5 Å².